The number of ether oxygens (including phenoxy) is 3. The largest absolute Gasteiger partial charge is 0.462 e. The highest BCUT2D eigenvalue weighted by Gasteiger charge is 2.19. The molecule has 0 aliphatic heterocycles. The molecule has 0 rings (SSSR count). The smallest absolute Gasteiger partial charge is 0.306 e. The van der Waals surface area contributed by atoms with Crippen molar-refractivity contribution in [3.8, 4) is 0 Å². The molecule has 0 heterocycles. The van der Waals surface area contributed by atoms with E-state index >= 15 is 0 Å². The zero-order valence-corrected chi connectivity index (χ0v) is 49.5. The first-order chi connectivity index (χ1) is 37.5. The van der Waals surface area contributed by atoms with Crippen molar-refractivity contribution < 1.29 is 28.6 Å². The van der Waals surface area contributed by atoms with Crippen LogP contribution in [0.15, 0.2) is 122 Å². The van der Waals surface area contributed by atoms with Crippen molar-refractivity contribution >= 4 is 17.9 Å². The summed E-state index contributed by atoms with van der Waals surface area (Å²) < 4.78 is 16.9. The number of unbranched alkanes of at least 4 members (excludes halogenated alkanes) is 25. The van der Waals surface area contributed by atoms with Gasteiger partial charge in [0.1, 0.15) is 13.2 Å². The molecule has 0 fully saturated rings. The Morgan fingerprint density at radius 3 is 0.803 bits per heavy atom. The van der Waals surface area contributed by atoms with E-state index in [-0.39, 0.29) is 31.1 Å². The van der Waals surface area contributed by atoms with E-state index < -0.39 is 6.10 Å². The molecule has 0 bridgehead atoms. The second-order valence-corrected chi connectivity index (χ2v) is 20.6. The zero-order valence-electron chi connectivity index (χ0n) is 49.5. The minimum Gasteiger partial charge on any atom is -0.462 e. The summed E-state index contributed by atoms with van der Waals surface area (Å²) in [4.78, 5) is 38.2. The molecule has 76 heavy (non-hydrogen) atoms. The van der Waals surface area contributed by atoms with Crippen LogP contribution >= 0.6 is 0 Å². The summed E-state index contributed by atoms with van der Waals surface area (Å²) in [7, 11) is 0. The third-order valence-electron chi connectivity index (χ3n) is 13.2. The van der Waals surface area contributed by atoms with Crippen molar-refractivity contribution in [2.45, 2.75) is 290 Å². The van der Waals surface area contributed by atoms with E-state index in [0.717, 1.165) is 135 Å². The molecule has 6 heteroatoms. The summed E-state index contributed by atoms with van der Waals surface area (Å²) in [5, 5.41) is 0. The summed E-state index contributed by atoms with van der Waals surface area (Å²) >= 11 is 0. The third kappa shape index (κ3) is 60.7. The van der Waals surface area contributed by atoms with Gasteiger partial charge in [-0.1, -0.05) is 277 Å². The number of allylic oxidation sites excluding steroid dienone is 20. The molecule has 0 aliphatic carbocycles. The predicted octanol–water partition coefficient (Wildman–Crippen LogP) is 21.6. The maximum Gasteiger partial charge on any atom is 0.306 e. The van der Waals surface area contributed by atoms with Gasteiger partial charge in [-0.2, -0.15) is 0 Å². The maximum absolute atomic E-state index is 12.9. The summed E-state index contributed by atoms with van der Waals surface area (Å²) in [6.45, 7) is 6.40. The Morgan fingerprint density at radius 2 is 0.513 bits per heavy atom. The van der Waals surface area contributed by atoms with Crippen LogP contribution in [0.3, 0.4) is 0 Å². The van der Waals surface area contributed by atoms with Crippen molar-refractivity contribution in [2.24, 2.45) is 0 Å². The van der Waals surface area contributed by atoms with Gasteiger partial charge < -0.3 is 14.2 Å². The van der Waals surface area contributed by atoms with E-state index in [0.29, 0.717) is 19.3 Å². The zero-order chi connectivity index (χ0) is 55.0. The Morgan fingerprint density at radius 1 is 0.276 bits per heavy atom. The minimum atomic E-state index is -0.789. The van der Waals surface area contributed by atoms with Crippen LogP contribution in [0.5, 0.6) is 0 Å². The van der Waals surface area contributed by atoms with Crippen molar-refractivity contribution in [1.82, 2.24) is 0 Å². The van der Waals surface area contributed by atoms with E-state index in [9.17, 15) is 14.4 Å². The van der Waals surface area contributed by atoms with Crippen LogP contribution in [-0.4, -0.2) is 37.2 Å². The van der Waals surface area contributed by atoms with E-state index in [2.05, 4.69) is 142 Å². The monoisotopic (exact) mass is 1050 g/mol. The lowest BCUT2D eigenvalue weighted by atomic mass is 10.0. The lowest BCUT2D eigenvalue weighted by Crippen LogP contribution is -2.30. The Kier molecular flexibility index (Phi) is 59.9. The van der Waals surface area contributed by atoms with Crippen LogP contribution in [0, 0.1) is 0 Å². The van der Waals surface area contributed by atoms with Crippen molar-refractivity contribution in [3.05, 3.63) is 122 Å². The first kappa shape index (κ1) is 71.8. The third-order valence-corrected chi connectivity index (χ3v) is 13.2. The van der Waals surface area contributed by atoms with Crippen molar-refractivity contribution in [3.63, 3.8) is 0 Å². The molecule has 0 aromatic heterocycles. The average molecular weight is 1050 g/mol. The van der Waals surface area contributed by atoms with Gasteiger partial charge in [0.15, 0.2) is 6.10 Å². The quantitative estimate of drug-likeness (QED) is 0.0261. The van der Waals surface area contributed by atoms with E-state index in [1.807, 2.05) is 0 Å². The summed E-state index contributed by atoms with van der Waals surface area (Å²) in [5.41, 5.74) is 0. The molecular weight excluding hydrogens is 937 g/mol. The first-order valence-electron chi connectivity index (χ1n) is 31.5. The van der Waals surface area contributed by atoms with Gasteiger partial charge >= 0.3 is 17.9 Å². The minimum absolute atomic E-state index is 0.0847. The summed E-state index contributed by atoms with van der Waals surface area (Å²) in [6, 6.07) is 0. The molecule has 0 saturated heterocycles. The van der Waals surface area contributed by atoms with E-state index in [1.54, 1.807) is 0 Å². The molecule has 1 unspecified atom stereocenters. The molecule has 6 nitrogen and oxygen atoms in total. The van der Waals surface area contributed by atoms with Gasteiger partial charge in [-0.05, 0) is 109 Å². The summed E-state index contributed by atoms with van der Waals surface area (Å²) in [6.07, 6.45) is 87.7. The number of hydrogen-bond acceptors (Lipinski definition) is 6. The number of hydrogen-bond donors (Lipinski definition) is 0. The van der Waals surface area contributed by atoms with Gasteiger partial charge in [-0.25, -0.2) is 0 Å². The van der Waals surface area contributed by atoms with E-state index in [4.69, 9.17) is 14.2 Å². The fourth-order valence-corrected chi connectivity index (χ4v) is 8.56. The molecular formula is C70H116O6. The Bertz CT molecular complexity index is 1590. The van der Waals surface area contributed by atoms with Crippen LogP contribution < -0.4 is 0 Å². The van der Waals surface area contributed by atoms with Gasteiger partial charge in [0, 0.05) is 19.3 Å². The molecule has 1 atom stereocenters. The Balaban J connectivity index is 4.32. The average Bonchev–Trinajstić information content (AvgIpc) is 3.42. The van der Waals surface area contributed by atoms with Crippen LogP contribution in [0.4, 0.5) is 0 Å². The van der Waals surface area contributed by atoms with Crippen LogP contribution in [0.25, 0.3) is 0 Å². The Hall–Kier alpha value is -4.19. The SMILES string of the molecule is CC/C=C\C/C=C\C/C=C\C/C=C\C/C=C\C/C=C\CCCCCCCCC(=O)OCC(COC(=O)CCCCCCCCCCCC)OC(=O)CCCCCCCCCCCC/C=C\C/C=C\C/C=C\C/C=C\CC. The van der Waals surface area contributed by atoms with Crippen LogP contribution in [0.2, 0.25) is 0 Å². The van der Waals surface area contributed by atoms with Gasteiger partial charge in [-0.15, -0.1) is 0 Å². The molecule has 0 amide bonds. The summed E-state index contributed by atoms with van der Waals surface area (Å²) in [5.74, 6) is -0.902. The second-order valence-electron chi connectivity index (χ2n) is 20.6. The van der Waals surface area contributed by atoms with Gasteiger partial charge in [0.25, 0.3) is 0 Å². The normalized spacial score (nSPS) is 12.9. The predicted molar refractivity (Wildman–Crippen MR) is 330 cm³/mol. The molecule has 0 aromatic rings. The second kappa shape index (κ2) is 63.3. The molecule has 0 N–H and O–H groups in total. The Labute approximate surface area is 469 Å². The number of carbonyl (C=O) groups is 3. The maximum atomic E-state index is 12.9. The van der Waals surface area contributed by atoms with Gasteiger partial charge in [0.2, 0.25) is 0 Å². The molecule has 0 spiro atoms. The van der Waals surface area contributed by atoms with Gasteiger partial charge in [0.05, 0.1) is 0 Å². The fraction of sp³-hybridized carbons (Fsp3) is 0.671. The number of esters is 3. The number of rotatable bonds is 56. The highest BCUT2D eigenvalue weighted by atomic mass is 16.6. The van der Waals surface area contributed by atoms with Crippen molar-refractivity contribution in [2.75, 3.05) is 13.2 Å². The molecule has 0 aliphatic rings. The van der Waals surface area contributed by atoms with Crippen LogP contribution in [0.1, 0.15) is 284 Å². The first-order valence-corrected chi connectivity index (χ1v) is 31.5. The molecule has 432 valence electrons. The van der Waals surface area contributed by atoms with Crippen LogP contribution in [-0.2, 0) is 28.6 Å². The molecule has 0 saturated carbocycles. The standard InChI is InChI=1S/C70H116O6/c1-4-7-10-13-16-19-22-24-26-28-30-32-34-35-37-38-40-42-44-46-48-51-54-57-60-63-69(72)75-66-67(65-74-68(71)62-59-56-53-50-21-18-15-12-9-6-3)76-70(73)64-61-58-55-52-49-47-45-43-41-39-36-33-31-29-27-25-23-20-17-14-11-8-5-2/h7-8,10-11,16-17,19-20,24-27,30-33,35,37,40,42,67H,4-6,9,12-15,18,21-23,28-29,34,36,38-39,41,43-66H2,1-3H3/b10-7-,11-8-,19-16-,20-17-,26-24-,27-25-,32-30-,33-31-,37-35-,42-40-. The lowest BCUT2D eigenvalue weighted by Gasteiger charge is -2.18. The highest BCUT2D eigenvalue weighted by Crippen LogP contribution is 2.16. The van der Waals surface area contributed by atoms with Crippen molar-refractivity contribution in [1.29, 1.82) is 0 Å². The molecule has 0 radical (unpaired) electrons. The molecule has 0 aromatic carbocycles. The fourth-order valence-electron chi connectivity index (χ4n) is 8.56. The number of carbonyl (C=O) groups excluding carboxylic acids is 3. The van der Waals surface area contributed by atoms with E-state index in [1.165, 1.54) is 109 Å². The highest BCUT2D eigenvalue weighted by molar-refractivity contribution is 5.71. The topological polar surface area (TPSA) is 78.9 Å². The lowest BCUT2D eigenvalue weighted by molar-refractivity contribution is -0.167. The van der Waals surface area contributed by atoms with Gasteiger partial charge in [-0.3, -0.25) is 14.4 Å².